The van der Waals surface area contributed by atoms with Crippen molar-refractivity contribution in [3.8, 4) is 0 Å². The summed E-state index contributed by atoms with van der Waals surface area (Å²) in [5, 5.41) is 10.0. The molecule has 2 heterocycles. The van der Waals surface area contributed by atoms with Crippen molar-refractivity contribution < 1.29 is 18.0 Å². The summed E-state index contributed by atoms with van der Waals surface area (Å²) in [7, 11) is 0. The van der Waals surface area contributed by atoms with Crippen LogP contribution in [0.4, 0.5) is 24.7 Å². The van der Waals surface area contributed by atoms with Gasteiger partial charge in [0, 0.05) is 23.2 Å². The number of anilines is 2. The highest BCUT2D eigenvalue weighted by atomic mass is 35.5. The van der Waals surface area contributed by atoms with E-state index < -0.39 is 24.2 Å². The fourth-order valence-electron chi connectivity index (χ4n) is 3.35. The van der Waals surface area contributed by atoms with E-state index in [1.165, 1.54) is 12.1 Å². The number of benzene rings is 2. The highest BCUT2D eigenvalue weighted by Gasteiger charge is 2.46. The van der Waals surface area contributed by atoms with E-state index in [1.807, 2.05) is 0 Å². The summed E-state index contributed by atoms with van der Waals surface area (Å²) < 4.78 is 42.0. The zero-order valence-corrected chi connectivity index (χ0v) is 15.7. The topological polar surface area (TPSA) is 59.0 Å². The molecule has 1 aliphatic rings. The average molecular weight is 421 g/mol. The number of fused-ring (bicyclic) bond motifs is 1. The van der Waals surface area contributed by atoms with Crippen molar-refractivity contribution in [1.29, 1.82) is 0 Å². The predicted molar refractivity (Wildman–Crippen MR) is 104 cm³/mol. The van der Waals surface area contributed by atoms with Crippen LogP contribution in [0.1, 0.15) is 34.6 Å². The lowest BCUT2D eigenvalue weighted by Crippen LogP contribution is -2.35. The number of carbonyl (C=O) groups excluding carboxylic acids is 1. The molecule has 0 fully saturated rings. The normalized spacial score (nSPS) is 18.6. The molecule has 4 rings (SSSR count). The molecular formula is C20H16ClF3N4O. The van der Waals surface area contributed by atoms with Crippen molar-refractivity contribution in [3.63, 3.8) is 0 Å². The Bertz CT molecular complexity index is 1040. The molecule has 3 aromatic rings. The number of rotatable bonds is 3. The van der Waals surface area contributed by atoms with Gasteiger partial charge in [-0.3, -0.25) is 4.79 Å². The van der Waals surface area contributed by atoms with Gasteiger partial charge in [0.2, 0.25) is 0 Å². The first-order chi connectivity index (χ1) is 13.8. The standard InChI is InChI=1S/C20H16ClF3N4O/c21-13-7-4-8-14(9-13)25-19(29)16-11-18-26-15(12-5-2-1-3-6-12)10-17(20(22,23)24)28(18)27-16/h1-9,11,15,17,26H,10H2,(H,25,29)/t15-,17-/m0/s1. The third-order valence-corrected chi connectivity index (χ3v) is 4.94. The Balaban J connectivity index is 1.64. The Morgan fingerprint density at radius 3 is 2.59 bits per heavy atom. The van der Waals surface area contributed by atoms with Crippen LogP contribution < -0.4 is 10.6 Å². The number of nitrogens with zero attached hydrogens (tertiary/aromatic N) is 2. The Morgan fingerprint density at radius 1 is 1.14 bits per heavy atom. The number of aromatic nitrogens is 2. The molecule has 2 atom stereocenters. The molecule has 9 heteroatoms. The number of hydrogen-bond donors (Lipinski definition) is 2. The molecule has 0 radical (unpaired) electrons. The van der Waals surface area contributed by atoms with Crippen molar-refractivity contribution >= 4 is 29.0 Å². The number of hydrogen-bond acceptors (Lipinski definition) is 3. The van der Waals surface area contributed by atoms with Crippen molar-refractivity contribution in [2.24, 2.45) is 0 Å². The Morgan fingerprint density at radius 2 is 1.90 bits per heavy atom. The first-order valence-corrected chi connectivity index (χ1v) is 9.24. The van der Waals surface area contributed by atoms with Gasteiger partial charge in [0.05, 0.1) is 6.04 Å². The maximum Gasteiger partial charge on any atom is 0.410 e. The number of alkyl halides is 3. The molecule has 2 N–H and O–H groups in total. The molecule has 1 aliphatic heterocycles. The van der Waals surface area contributed by atoms with Crippen LogP contribution >= 0.6 is 11.6 Å². The highest BCUT2D eigenvalue weighted by Crippen LogP contribution is 2.43. The van der Waals surface area contributed by atoms with Gasteiger partial charge in [-0.2, -0.15) is 18.3 Å². The van der Waals surface area contributed by atoms with Crippen LogP contribution in [-0.2, 0) is 0 Å². The van der Waals surface area contributed by atoms with Gasteiger partial charge in [-0.1, -0.05) is 48.0 Å². The molecular weight excluding hydrogens is 405 g/mol. The van der Waals surface area contributed by atoms with E-state index in [0.717, 1.165) is 10.2 Å². The molecule has 1 aromatic heterocycles. The third kappa shape index (κ3) is 4.07. The molecule has 0 unspecified atom stereocenters. The van der Waals surface area contributed by atoms with Gasteiger partial charge < -0.3 is 10.6 Å². The van der Waals surface area contributed by atoms with Crippen LogP contribution in [-0.4, -0.2) is 21.9 Å². The second-order valence-electron chi connectivity index (χ2n) is 6.72. The highest BCUT2D eigenvalue weighted by molar-refractivity contribution is 6.30. The molecule has 29 heavy (non-hydrogen) atoms. The van der Waals surface area contributed by atoms with Crippen LogP contribution in [0, 0.1) is 0 Å². The van der Waals surface area contributed by atoms with E-state index in [4.69, 9.17) is 11.6 Å². The summed E-state index contributed by atoms with van der Waals surface area (Å²) in [6.45, 7) is 0. The molecule has 1 amide bonds. The van der Waals surface area contributed by atoms with E-state index in [-0.39, 0.29) is 17.9 Å². The summed E-state index contributed by atoms with van der Waals surface area (Å²) >= 11 is 5.89. The summed E-state index contributed by atoms with van der Waals surface area (Å²) in [4.78, 5) is 12.5. The van der Waals surface area contributed by atoms with Crippen molar-refractivity contribution in [2.45, 2.75) is 24.7 Å². The fourth-order valence-corrected chi connectivity index (χ4v) is 3.54. The number of carbonyl (C=O) groups is 1. The first kappa shape index (κ1) is 19.3. The molecule has 0 saturated heterocycles. The third-order valence-electron chi connectivity index (χ3n) is 4.71. The number of nitrogens with one attached hydrogen (secondary N) is 2. The average Bonchev–Trinajstić information content (AvgIpc) is 3.11. The molecule has 0 spiro atoms. The molecule has 150 valence electrons. The lowest BCUT2D eigenvalue weighted by atomic mass is 9.97. The second-order valence-corrected chi connectivity index (χ2v) is 7.16. The van der Waals surface area contributed by atoms with Gasteiger partial charge >= 0.3 is 6.18 Å². The van der Waals surface area contributed by atoms with Gasteiger partial charge in [-0.15, -0.1) is 0 Å². The summed E-state index contributed by atoms with van der Waals surface area (Å²) in [5.41, 5.74) is 1.05. The molecule has 0 saturated carbocycles. The minimum absolute atomic E-state index is 0.115. The van der Waals surface area contributed by atoms with Gasteiger partial charge in [0.25, 0.3) is 5.91 Å². The Labute approximate surface area is 169 Å². The summed E-state index contributed by atoms with van der Waals surface area (Å²) in [6.07, 6.45) is -4.73. The van der Waals surface area contributed by atoms with E-state index in [1.54, 1.807) is 48.5 Å². The lowest BCUT2D eigenvalue weighted by molar-refractivity contribution is -0.173. The fraction of sp³-hybridized carbons (Fsp3) is 0.200. The zero-order valence-electron chi connectivity index (χ0n) is 14.9. The largest absolute Gasteiger partial charge is 0.410 e. The molecule has 5 nitrogen and oxygen atoms in total. The number of halogens is 4. The van der Waals surface area contributed by atoms with Crippen LogP contribution in [0.25, 0.3) is 0 Å². The minimum Gasteiger partial charge on any atom is -0.363 e. The van der Waals surface area contributed by atoms with Gasteiger partial charge in [-0.25, -0.2) is 4.68 Å². The SMILES string of the molecule is O=C(Nc1cccc(Cl)c1)c1cc2n(n1)[C@H](C(F)(F)F)C[C@@H](c1ccccc1)N2. The van der Waals surface area contributed by atoms with Crippen molar-refractivity contribution in [1.82, 2.24) is 9.78 Å². The zero-order chi connectivity index (χ0) is 20.6. The van der Waals surface area contributed by atoms with E-state index >= 15 is 0 Å². The number of amides is 1. The van der Waals surface area contributed by atoms with E-state index in [9.17, 15) is 18.0 Å². The maximum absolute atomic E-state index is 13.7. The molecule has 0 aliphatic carbocycles. The van der Waals surface area contributed by atoms with E-state index in [2.05, 4.69) is 15.7 Å². The van der Waals surface area contributed by atoms with Gasteiger partial charge in [0.1, 0.15) is 5.82 Å². The molecule has 0 bridgehead atoms. The Kier molecular flexibility index (Phi) is 4.96. The quantitative estimate of drug-likeness (QED) is 0.592. The lowest BCUT2D eigenvalue weighted by Gasteiger charge is -2.33. The smallest absolute Gasteiger partial charge is 0.363 e. The van der Waals surface area contributed by atoms with Gasteiger partial charge in [0.15, 0.2) is 11.7 Å². The predicted octanol–water partition coefficient (Wildman–Crippen LogP) is 5.45. The Hall–Kier alpha value is -3.00. The summed E-state index contributed by atoms with van der Waals surface area (Å²) in [6, 6.07) is 14.3. The maximum atomic E-state index is 13.7. The van der Waals surface area contributed by atoms with E-state index in [0.29, 0.717) is 10.7 Å². The van der Waals surface area contributed by atoms with Crippen LogP contribution in [0.3, 0.4) is 0 Å². The van der Waals surface area contributed by atoms with Crippen LogP contribution in [0.2, 0.25) is 5.02 Å². The second kappa shape index (κ2) is 7.44. The monoisotopic (exact) mass is 420 g/mol. The van der Waals surface area contributed by atoms with Gasteiger partial charge in [-0.05, 0) is 23.8 Å². The molecule has 2 aromatic carbocycles. The van der Waals surface area contributed by atoms with Crippen molar-refractivity contribution in [3.05, 3.63) is 76.9 Å². The van der Waals surface area contributed by atoms with Crippen LogP contribution in [0.15, 0.2) is 60.7 Å². The van der Waals surface area contributed by atoms with Crippen LogP contribution in [0.5, 0.6) is 0 Å². The minimum atomic E-state index is -4.50. The summed E-state index contributed by atoms with van der Waals surface area (Å²) in [5.74, 6) is -0.475. The van der Waals surface area contributed by atoms with Crippen molar-refractivity contribution in [2.75, 3.05) is 10.6 Å². The first-order valence-electron chi connectivity index (χ1n) is 8.86.